The lowest BCUT2D eigenvalue weighted by Crippen LogP contribution is -2.53. The molecule has 0 radical (unpaired) electrons. The van der Waals surface area contributed by atoms with Gasteiger partial charge in [-0.25, -0.2) is 0 Å². The van der Waals surface area contributed by atoms with Gasteiger partial charge < -0.3 is 16.2 Å². The Balaban J connectivity index is 1.63. The molecule has 3 heterocycles. The summed E-state index contributed by atoms with van der Waals surface area (Å²) in [6, 6.07) is 14.0. The molecule has 4 N–H and O–H groups in total. The molecule has 0 saturated carbocycles. The van der Waals surface area contributed by atoms with Crippen LogP contribution in [0.5, 0.6) is 0 Å². The molecule has 0 saturated heterocycles. The number of aliphatic hydroxyl groups is 1. The van der Waals surface area contributed by atoms with Gasteiger partial charge in [-0.3, -0.25) is 15.0 Å². The van der Waals surface area contributed by atoms with Crippen LogP contribution in [0.3, 0.4) is 0 Å². The Bertz CT molecular complexity index is 1140. The number of benzene rings is 1. The van der Waals surface area contributed by atoms with Gasteiger partial charge in [-0.1, -0.05) is 42.2 Å². The number of aliphatic imine (C=N–C) groups is 2. The van der Waals surface area contributed by atoms with Crippen LogP contribution < -0.4 is 11.1 Å². The Morgan fingerprint density at radius 1 is 1.24 bits per heavy atom. The number of nitrogens with two attached hydrogens (primary N) is 1. The van der Waals surface area contributed by atoms with E-state index in [-0.39, 0.29) is 11.3 Å². The van der Waals surface area contributed by atoms with Crippen LogP contribution in [0.25, 0.3) is 0 Å². The van der Waals surface area contributed by atoms with Crippen molar-refractivity contribution in [1.29, 1.82) is 0 Å². The number of amidine groups is 2. The Morgan fingerprint density at radius 3 is 2.67 bits per heavy atom. The summed E-state index contributed by atoms with van der Waals surface area (Å²) < 4.78 is 0. The lowest BCUT2D eigenvalue weighted by Gasteiger charge is -2.35. The predicted molar refractivity (Wildman–Crippen MR) is 136 cm³/mol. The van der Waals surface area contributed by atoms with Crippen LogP contribution in [0.1, 0.15) is 31.9 Å². The Labute approximate surface area is 199 Å². The quantitative estimate of drug-likeness (QED) is 0.598. The Morgan fingerprint density at radius 2 is 1.97 bits per heavy atom. The number of rotatable bonds is 5. The predicted octanol–water partition coefficient (Wildman–Crippen LogP) is 2.93. The molecule has 2 unspecified atom stereocenters. The summed E-state index contributed by atoms with van der Waals surface area (Å²) in [5, 5.41) is 15.5. The molecule has 2 aromatic rings. The van der Waals surface area contributed by atoms with Crippen LogP contribution in [0, 0.1) is 11.8 Å². The van der Waals surface area contributed by atoms with Crippen molar-refractivity contribution in [3.63, 3.8) is 0 Å². The minimum absolute atomic E-state index is 0.0434. The first-order valence-electron chi connectivity index (χ1n) is 11.0. The van der Waals surface area contributed by atoms with Crippen LogP contribution >= 0.6 is 11.8 Å². The zero-order valence-corrected chi connectivity index (χ0v) is 19.9. The van der Waals surface area contributed by atoms with E-state index in [2.05, 4.69) is 41.2 Å². The van der Waals surface area contributed by atoms with Crippen molar-refractivity contribution >= 4 is 23.4 Å². The van der Waals surface area contributed by atoms with Crippen LogP contribution in [0.4, 0.5) is 0 Å². The normalized spacial score (nSPS) is 24.2. The van der Waals surface area contributed by atoms with Crippen LogP contribution in [0.2, 0.25) is 0 Å². The summed E-state index contributed by atoms with van der Waals surface area (Å²) in [4.78, 5) is 14.1. The van der Waals surface area contributed by atoms with Gasteiger partial charge in [0.15, 0.2) is 0 Å². The Kier molecular flexibility index (Phi) is 6.71. The van der Waals surface area contributed by atoms with Crippen LogP contribution in [-0.4, -0.2) is 50.7 Å². The van der Waals surface area contributed by atoms with E-state index in [1.807, 2.05) is 35.7 Å². The van der Waals surface area contributed by atoms with Gasteiger partial charge in [0.1, 0.15) is 22.8 Å². The molecule has 6 nitrogen and oxygen atoms in total. The van der Waals surface area contributed by atoms with Gasteiger partial charge >= 0.3 is 0 Å². The summed E-state index contributed by atoms with van der Waals surface area (Å²) in [5.74, 6) is 7.66. The number of fused-ring (bicyclic) bond motifs is 1. The third-order valence-electron chi connectivity index (χ3n) is 5.51. The molecular weight excluding hydrogens is 430 g/mol. The fourth-order valence-electron chi connectivity index (χ4n) is 3.77. The van der Waals surface area contributed by atoms with Crippen molar-refractivity contribution in [1.82, 2.24) is 10.3 Å². The second kappa shape index (κ2) is 9.52. The molecule has 3 atom stereocenters. The third kappa shape index (κ3) is 5.53. The van der Waals surface area contributed by atoms with E-state index in [1.54, 1.807) is 38.0 Å². The van der Waals surface area contributed by atoms with Crippen molar-refractivity contribution in [3.05, 3.63) is 77.0 Å². The highest BCUT2D eigenvalue weighted by Gasteiger charge is 2.48. The smallest absolute Gasteiger partial charge is 0.134 e. The van der Waals surface area contributed by atoms with E-state index in [4.69, 9.17) is 15.7 Å². The number of pyridine rings is 1. The highest BCUT2D eigenvalue weighted by Crippen LogP contribution is 2.44. The first-order chi connectivity index (χ1) is 15.7. The molecule has 2 aliphatic heterocycles. The highest BCUT2D eigenvalue weighted by atomic mass is 32.2. The second-order valence-corrected chi connectivity index (χ2v) is 9.98. The zero-order valence-electron chi connectivity index (χ0n) is 19.1. The minimum atomic E-state index is -1.08. The molecule has 33 heavy (non-hydrogen) atoms. The summed E-state index contributed by atoms with van der Waals surface area (Å²) in [5.41, 5.74) is 7.74. The van der Waals surface area contributed by atoms with Gasteiger partial charge in [0.05, 0.1) is 11.8 Å². The van der Waals surface area contributed by atoms with E-state index in [1.165, 1.54) is 5.56 Å². The molecular formula is C26H29N5OS. The molecule has 2 aliphatic rings. The van der Waals surface area contributed by atoms with E-state index in [9.17, 15) is 5.11 Å². The molecule has 0 aliphatic carbocycles. The first-order valence-corrected chi connectivity index (χ1v) is 11.9. The lowest BCUT2D eigenvalue weighted by molar-refractivity contribution is 0.143. The standard InChI is InChI=1S/C26H29N5OS/c1-25(2,32)12-9-20-17-33-22-24(29-16-21(27)15-18-7-5-4-6-8-18)30-23(31-26(20,22)3)19-10-13-28-14-11-19/h4-8,10-11,13-14,17,21-22,32H,15-16,27H2,1-3H3,(H,29,30,31)/t21-,22?,26?/m0/s1. The van der Waals surface area contributed by atoms with Crippen molar-refractivity contribution < 1.29 is 5.11 Å². The van der Waals surface area contributed by atoms with Gasteiger partial charge in [0, 0.05) is 29.6 Å². The van der Waals surface area contributed by atoms with Crippen molar-refractivity contribution in [2.45, 2.75) is 49.6 Å². The summed E-state index contributed by atoms with van der Waals surface area (Å²) in [7, 11) is 0. The van der Waals surface area contributed by atoms with E-state index in [0.29, 0.717) is 6.54 Å². The fraction of sp³-hybridized carbons (Fsp3) is 0.346. The monoisotopic (exact) mass is 459 g/mol. The maximum absolute atomic E-state index is 10.1. The van der Waals surface area contributed by atoms with Crippen molar-refractivity contribution in [2.75, 3.05) is 6.54 Å². The van der Waals surface area contributed by atoms with E-state index < -0.39 is 11.1 Å². The molecule has 1 aromatic heterocycles. The number of nitrogens with one attached hydrogen (secondary N) is 1. The number of hydrogen-bond acceptors (Lipinski definition) is 6. The van der Waals surface area contributed by atoms with Gasteiger partial charge in [-0.2, -0.15) is 0 Å². The lowest BCUT2D eigenvalue weighted by atomic mass is 9.87. The number of nitrogens with zero attached hydrogens (tertiary/aromatic N) is 3. The number of aromatic nitrogens is 1. The van der Waals surface area contributed by atoms with E-state index >= 15 is 0 Å². The average molecular weight is 460 g/mol. The Hall–Kier alpha value is -2.92. The van der Waals surface area contributed by atoms with Crippen molar-refractivity contribution in [2.24, 2.45) is 15.7 Å². The topological polar surface area (TPSA) is 95.9 Å². The minimum Gasteiger partial charge on any atom is -0.378 e. The molecule has 170 valence electrons. The maximum atomic E-state index is 10.1. The van der Waals surface area contributed by atoms with Crippen molar-refractivity contribution in [3.8, 4) is 11.8 Å². The van der Waals surface area contributed by atoms with Crippen LogP contribution in [0.15, 0.2) is 75.8 Å². The van der Waals surface area contributed by atoms with Gasteiger partial charge in [0.25, 0.3) is 0 Å². The largest absolute Gasteiger partial charge is 0.378 e. The number of hydrogen-bond donors (Lipinski definition) is 3. The first kappa shape index (κ1) is 23.2. The number of thioether (sulfide) groups is 1. The maximum Gasteiger partial charge on any atom is 0.134 e. The fourth-order valence-corrected chi connectivity index (χ4v) is 5.04. The molecule has 1 aromatic carbocycles. The SMILES string of the molecule is CC(C)(O)C#CC1=CSC2C(=NC[C@@H](N)Cc3ccccc3)NC(c3ccncc3)=NC12C. The second-order valence-electron chi connectivity index (χ2n) is 9.00. The molecule has 4 rings (SSSR count). The van der Waals surface area contributed by atoms with Crippen LogP contribution in [-0.2, 0) is 6.42 Å². The summed E-state index contributed by atoms with van der Waals surface area (Å²) in [6.07, 6.45) is 4.25. The zero-order chi connectivity index (χ0) is 23.5. The van der Waals surface area contributed by atoms with Gasteiger partial charge in [0.2, 0.25) is 0 Å². The molecule has 0 amide bonds. The van der Waals surface area contributed by atoms with Gasteiger partial charge in [-0.05, 0) is 50.3 Å². The van der Waals surface area contributed by atoms with Gasteiger partial charge in [-0.15, -0.1) is 11.8 Å². The molecule has 0 spiro atoms. The molecule has 0 fully saturated rings. The average Bonchev–Trinajstić information content (AvgIpc) is 3.13. The highest BCUT2D eigenvalue weighted by molar-refractivity contribution is 8.03. The summed E-state index contributed by atoms with van der Waals surface area (Å²) >= 11 is 1.65. The van der Waals surface area contributed by atoms with E-state index in [0.717, 1.165) is 29.2 Å². The molecule has 0 bridgehead atoms. The third-order valence-corrected chi connectivity index (χ3v) is 6.84. The summed E-state index contributed by atoms with van der Waals surface area (Å²) in [6.45, 7) is 5.93. The molecule has 7 heteroatoms.